The molecule has 3 aromatic rings. The highest BCUT2D eigenvalue weighted by Crippen LogP contribution is 2.26. The standard InChI is InChI=1S/C14H13N3O3S/c1-9-2-3-10-8-17(12-6-4-11(15)5-7-12)16-13(10)14(9)21(18,19)20/h2-8H,15H2,1H3,(H,18,19,20). The molecule has 0 atom stereocenters. The molecule has 2 aromatic carbocycles. The van der Waals surface area contributed by atoms with E-state index in [2.05, 4.69) is 5.10 Å². The van der Waals surface area contributed by atoms with Crippen LogP contribution in [0.1, 0.15) is 5.56 Å². The fourth-order valence-electron chi connectivity index (χ4n) is 2.25. The quantitative estimate of drug-likeness (QED) is 0.558. The Hall–Kier alpha value is -2.38. The van der Waals surface area contributed by atoms with Gasteiger partial charge in [0, 0.05) is 17.3 Å². The largest absolute Gasteiger partial charge is 0.399 e. The lowest BCUT2D eigenvalue weighted by atomic mass is 10.2. The number of nitrogens with two attached hydrogens (primary N) is 1. The van der Waals surface area contributed by atoms with Crippen molar-refractivity contribution in [3.63, 3.8) is 0 Å². The van der Waals surface area contributed by atoms with E-state index in [1.807, 2.05) is 0 Å². The molecule has 0 spiro atoms. The Morgan fingerprint density at radius 1 is 1.14 bits per heavy atom. The molecule has 0 unspecified atom stereocenters. The summed E-state index contributed by atoms with van der Waals surface area (Å²) in [6, 6.07) is 10.4. The summed E-state index contributed by atoms with van der Waals surface area (Å²) in [7, 11) is -4.33. The Balaban J connectivity index is 2.28. The summed E-state index contributed by atoms with van der Waals surface area (Å²) in [6.07, 6.45) is 1.70. The summed E-state index contributed by atoms with van der Waals surface area (Å²) in [4.78, 5) is -0.158. The van der Waals surface area contributed by atoms with E-state index in [9.17, 15) is 13.0 Å². The summed E-state index contributed by atoms with van der Waals surface area (Å²) in [6.45, 7) is 1.62. The summed E-state index contributed by atoms with van der Waals surface area (Å²) in [5.74, 6) is 0. The number of rotatable bonds is 2. The fourth-order valence-corrected chi connectivity index (χ4v) is 3.13. The molecule has 21 heavy (non-hydrogen) atoms. The minimum atomic E-state index is -4.33. The number of benzene rings is 2. The molecule has 0 amide bonds. The Labute approximate surface area is 121 Å². The minimum Gasteiger partial charge on any atom is -0.399 e. The molecule has 0 saturated carbocycles. The molecule has 1 aromatic heterocycles. The number of aromatic nitrogens is 2. The first-order valence-corrected chi connectivity index (χ1v) is 7.62. The van der Waals surface area contributed by atoms with E-state index in [0.717, 1.165) is 5.69 Å². The average molecular weight is 303 g/mol. The van der Waals surface area contributed by atoms with E-state index >= 15 is 0 Å². The maximum atomic E-state index is 11.5. The molecule has 0 bridgehead atoms. The second-order valence-corrected chi connectivity index (χ2v) is 6.15. The third-order valence-corrected chi connectivity index (χ3v) is 4.28. The topological polar surface area (TPSA) is 98.2 Å². The molecule has 0 aliphatic heterocycles. The number of hydrogen-bond acceptors (Lipinski definition) is 4. The Morgan fingerprint density at radius 2 is 1.81 bits per heavy atom. The SMILES string of the molecule is Cc1ccc2cn(-c3ccc(N)cc3)nc2c1S(=O)(=O)O. The van der Waals surface area contributed by atoms with Gasteiger partial charge in [-0.05, 0) is 36.8 Å². The zero-order valence-electron chi connectivity index (χ0n) is 11.2. The maximum absolute atomic E-state index is 11.5. The van der Waals surface area contributed by atoms with Crippen LogP contribution in [-0.4, -0.2) is 22.8 Å². The summed E-state index contributed by atoms with van der Waals surface area (Å²) in [5.41, 5.74) is 7.71. The van der Waals surface area contributed by atoms with Crippen molar-refractivity contribution in [2.24, 2.45) is 0 Å². The van der Waals surface area contributed by atoms with Gasteiger partial charge in [0.1, 0.15) is 10.4 Å². The molecule has 3 N–H and O–H groups in total. The summed E-state index contributed by atoms with van der Waals surface area (Å²) in [5, 5.41) is 4.91. The number of aryl methyl sites for hydroxylation is 1. The zero-order chi connectivity index (χ0) is 15.2. The van der Waals surface area contributed by atoms with E-state index < -0.39 is 10.1 Å². The fraction of sp³-hybridized carbons (Fsp3) is 0.0714. The number of nitrogen functional groups attached to an aromatic ring is 1. The van der Waals surface area contributed by atoms with E-state index in [-0.39, 0.29) is 10.4 Å². The number of anilines is 1. The second kappa shape index (κ2) is 4.57. The van der Waals surface area contributed by atoms with Crippen molar-refractivity contribution in [2.45, 2.75) is 11.8 Å². The van der Waals surface area contributed by atoms with Gasteiger partial charge in [-0.25, -0.2) is 4.68 Å². The van der Waals surface area contributed by atoms with Crippen molar-refractivity contribution in [2.75, 3.05) is 5.73 Å². The van der Waals surface area contributed by atoms with Gasteiger partial charge in [-0.2, -0.15) is 13.5 Å². The molecule has 6 nitrogen and oxygen atoms in total. The highest BCUT2D eigenvalue weighted by molar-refractivity contribution is 7.86. The monoisotopic (exact) mass is 303 g/mol. The zero-order valence-corrected chi connectivity index (χ0v) is 12.0. The molecule has 0 saturated heterocycles. The van der Waals surface area contributed by atoms with E-state index in [1.165, 1.54) is 0 Å². The first kappa shape index (κ1) is 13.6. The van der Waals surface area contributed by atoms with Gasteiger partial charge < -0.3 is 5.73 Å². The molecule has 0 fully saturated rings. The van der Waals surface area contributed by atoms with Crippen molar-refractivity contribution in [3.05, 3.63) is 48.2 Å². The van der Waals surface area contributed by atoms with Crippen LogP contribution >= 0.6 is 0 Å². The molecular formula is C14H13N3O3S. The van der Waals surface area contributed by atoms with Gasteiger partial charge in [0.05, 0.1) is 5.69 Å². The first-order valence-electron chi connectivity index (χ1n) is 6.18. The molecule has 1 heterocycles. The Morgan fingerprint density at radius 3 is 2.43 bits per heavy atom. The van der Waals surface area contributed by atoms with Crippen molar-refractivity contribution in [1.82, 2.24) is 9.78 Å². The molecular weight excluding hydrogens is 290 g/mol. The highest BCUT2D eigenvalue weighted by Gasteiger charge is 2.20. The van der Waals surface area contributed by atoms with Crippen LogP contribution in [0.3, 0.4) is 0 Å². The molecule has 7 heteroatoms. The minimum absolute atomic E-state index is 0.158. The second-order valence-electron chi connectivity index (χ2n) is 4.79. The van der Waals surface area contributed by atoms with Gasteiger partial charge in [0.25, 0.3) is 10.1 Å². The Bertz CT molecular complexity index is 928. The van der Waals surface area contributed by atoms with Crippen molar-refractivity contribution in [3.8, 4) is 5.69 Å². The van der Waals surface area contributed by atoms with Crippen LogP contribution in [-0.2, 0) is 10.1 Å². The normalized spacial score (nSPS) is 11.9. The van der Waals surface area contributed by atoms with Gasteiger partial charge in [-0.1, -0.05) is 12.1 Å². The summed E-state index contributed by atoms with van der Waals surface area (Å²) >= 11 is 0. The molecule has 0 aliphatic rings. The van der Waals surface area contributed by atoms with Gasteiger partial charge >= 0.3 is 0 Å². The van der Waals surface area contributed by atoms with Crippen molar-refractivity contribution in [1.29, 1.82) is 0 Å². The maximum Gasteiger partial charge on any atom is 0.297 e. The predicted molar refractivity (Wildman–Crippen MR) is 80.0 cm³/mol. The van der Waals surface area contributed by atoms with Crippen molar-refractivity contribution >= 4 is 26.7 Å². The lowest BCUT2D eigenvalue weighted by Gasteiger charge is -2.02. The van der Waals surface area contributed by atoms with Crippen LogP contribution in [0.2, 0.25) is 0 Å². The van der Waals surface area contributed by atoms with Gasteiger partial charge in [0.15, 0.2) is 0 Å². The van der Waals surface area contributed by atoms with Gasteiger partial charge in [-0.15, -0.1) is 0 Å². The third kappa shape index (κ3) is 2.37. The van der Waals surface area contributed by atoms with Crippen LogP contribution in [0.5, 0.6) is 0 Å². The number of fused-ring (bicyclic) bond motifs is 1. The molecule has 0 radical (unpaired) electrons. The average Bonchev–Trinajstić information content (AvgIpc) is 2.81. The molecule has 0 aliphatic carbocycles. The molecule has 3 rings (SSSR count). The van der Waals surface area contributed by atoms with Crippen LogP contribution in [0.15, 0.2) is 47.5 Å². The van der Waals surface area contributed by atoms with Crippen LogP contribution in [0.25, 0.3) is 16.6 Å². The lowest BCUT2D eigenvalue weighted by Crippen LogP contribution is -2.02. The first-order chi connectivity index (χ1) is 9.86. The van der Waals surface area contributed by atoms with E-state index in [4.69, 9.17) is 5.73 Å². The molecule has 108 valence electrons. The van der Waals surface area contributed by atoms with Crippen LogP contribution in [0, 0.1) is 6.92 Å². The third-order valence-electron chi connectivity index (χ3n) is 3.24. The lowest BCUT2D eigenvalue weighted by molar-refractivity contribution is 0.483. The van der Waals surface area contributed by atoms with Crippen LogP contribution < -0.4 is 5.73 Å². The van der Waals surface area contributed by atoms with Gasteiger partial charge in [-0.3, -0.25) is 4.55 Å². The van der Waals surface area contributed by atoms with E-state index in [1.54, 1.807) is 54.2 Å². The van der Waals surface area contributed by atoms with Gasteiger partial charge in [0.2, 0.25) is 0 Å². The Kier molecular flexibility index (Phi) is 2.96. The number of hydrogen-bond donors (Lipinski definition) is 2. The van der Waals surface area contributed by atoms with Crippen molar-refractivity contribution < 1.29 is 13.0 Å². The predicted octanol–water partition coefficient (Wildman–Crippen LogP) is 2.16. The number of nitrogens with zero attached hydrogens (tertiary/aromatic N) is 2. The van der Waals surface area contributed by atoms with Crippen LogP contribution in [0.4, 0.5) is 5.69 Å². The smallest absolute Gasteiger partial charge is 0.297 e. The summed E-state index contributed by atoms with van der Waals surface area (Å²) < 4.78 is 34.0. The van der Waals surface area contributed by atoms with E-state index in [0.29, 0.717) is 16.6 Å². The highest BCUT2D eigenvalue weighted by atomic mass is 32.2.